The van der Waals surface area contributed by atoms with Gasteiger partial charge in [0.2, 0.25) is 0 Å². The van der Waals surface area contributed by atoms with Gasteiger partial charge in [-0.15, -0.1) is 10.2 Å². The summed E-state index contributed by atoms with van der Waals surface area (Å²) in [5.74, 6) is 1.35. The largest absolute Gasteiger partial charge is 0.495 e. The van der Waals surface area contributed by atoms with Crippen LogP contribution in [0.25, 0.3) is 22.5 Å². The molecule has 0 aliphatic rings. The van der Waals surface area contributed by atoms with E-state index in [9.17, 15) is 0 Å². The fourth-order valence-electron chi connectivity index (χ4n) is 2.39. The number of rotatable bonds is 3. The molecule has 2 aromatic carbocycles. The first kappa shape index (κ1) is 13.2. The van der Waals surface area contributed by atoms with Crippen molar-refractivity contribution in [3.8, 4) is 28.3 Å². The van der Waals surface area contributed by atoms with Gasteiger partial charge in [0.15, 0.2) is 5.82 Å². The van der Waals surface area contributed by atoms with Crippen LogP contribution in [0, 0.1) is 0 Å². The number of aromatic nitrogens is 3. The second kappa shape index (κ2) is 5.28. The summed E-state index contributed by atoms with van der Waals surface area (Å²) in [6.07, 6.45) is 1.66. The molecular weight excluding hydrogens is 264 g/mol. The summed E-state index contributed by atoms with van der Waals surface area (Å²) < 4.78 is 7.18. The third kappa shape index (κ3) is 2.23. The van der Waals surface area contributed by atoms with E-state index in [0.717, 1.165) is 16.7 Å². The maximum absolute atomic E-state index is 6.29. The average Bonchev–Trinajstić information content (AvgIpc) is 2.93. The van der Waals surface area contributed by atoms with Gasteiger partial charge >= 0.3 is 0 Å². The van der Waals surface area contributed by atoms with E-state index < -0.39 is 0 Å². The number of benzene rings is 2. The summed E-state index contributed by atoms with van der Waals surface area (Å²) in [7, 11) is 3.50. The van der Waals surface area contributed by atoms with E-state index in [1.54, 1.807) is 13.4 Å². The molecule has 106 valence electrons. The molecule has 1 heterocycles. The van der Waals surface area contributed by atoms with Crippen molar-refractivity contribution < 1.29 is 4.74 Å². The molecule has 21 heavy (non-hydrogen) atoms. The van der Waals surface area contributed by atoms with Crippen LogP contribution in [0.5, 0.6) is 5.75 Å². The molecule has 0 radical (unpaired) electrons. The van der Waals surface area contributed by atoms with Crippen LogP contribution in [0.3, 0.4) is 0 Å². The number of methoxy groups -OCH3 is 1. The van der Waals surface area contributed by atoms with Crippen LogP contribution in [0.4, 0.5) is 5.69 Å². The molecule has 0 bridgehead atoms. The number of hydrogen-bond donors (Lipinski definition) is 1. The predicted octanol–water partition coefficient (Wildman–Crippen LogP) is 2.74. The molecule has 0 saturated carbocycles. The molecule has 0 atom stereocenters. The molecule has 5 heteroatoms. The van der Waals surface area contributed by atoms with Crippen molar-refractivity contribution in [3.63, 3.8) is 0 Å². The molecule has 3 rings (SSSR count). The Hall–Kier alpha value is -2.82. The maximum Gasteiger partial charge on any atom is 0.166 e. The van der Waals surface area contributed by atoms with Gasteiger partial charge in [-0.25, -0.2) is 0 Å². The van der Waals surface area contributed by atoms with Gasteiger partial charge in [0, 0.05) is 7.05 Å². The van der Waals surface area contributed by atoms with Gasteiger partial charge in [-0.1, -0.05) is 30.3 Å². The summed E-state index contributed by atoms with van der Waals surface area (Å²) >= 11 is 0. The normalized spacial score (nSPS) is 10.6. The van der Waals surface area contributed by atoms with Gasteiger partial charge in [0.05, 0.1) is 18.4 Å². The summed E-state index contributed by atoms with van der Waals surface area (Å²) in [4.78, 5) is 0. The minimum absolute atomic E-state index is 0.565. The predicted molar refractivity (Wildman–Crippen MR) is 82.8 cm³/mol. The van der Waals surface area contributed by atoms with Crippen LogP contribution in [-0.4, -0.2) is 21.9 Å². The number of anilines is 1. The third-order valence-electron chi connectivity index (χ3n) is 3.45. The number of nitrogens with zero attached hydrogens (tertiary/aromatic N) is 3. The van der Waals surface area contributed by atoms with Gasteiger partial charge in [-0.05, 0) is 23.3 Å². The number of nitrogen functional groups attached to an aromatic ring is 1. The van der Waals surface area contributed by atoms with Crippen molar-refractivity contribution in [2.24, 2.45) is 7.05 Å². The minimum atomic E-state index is 0.565. The highest BCUT2D eigenvalue weighted by Crippen LogP contribution is 2.40. The van der Waals surface area contributed by atoms with Crippen LogP contribution in [0.2, 0.25) is 0 Å². The van der Waals surface area contributed by atoms with Crippen molar-refractivity contribution >= 4 is 5.69 Å². The van der Waals surface area contributed by atoms with Gasteiger partial charge in [0.25, 0.3) is 0 Å². The highest BCUT2D eigenvalue weighted by Gasteiger charge is 2.18. The molecule has 3 aromatic rings. The zero-order chi connectivity index (χ0) is 14.8. The van der Waals surface area contributed by atoms with Crippen LogP contribution in [0.1, 0.15) is 0 Å². The van der Waals surface area contributed by atoms with Crippen LogP contribution >= 0.6 is 0 Å². The first-order valence-corrected chi connectivity index (χ1v) is 6.58. The Labute approximate surface area is 123 Å². The Morgan fingerprint density at radius 2 is 1.86 bits per heavy atom. The molecule has 0 aliphatic carbocycles. The first-order chi connectivity index (χ1) is 10.2. The topological polar surface area (TPSA) is 66.0 Å². The van der Waals surface area contributed by atoms with Crippen LogP contribution in [-0.2, 0) is 7.05 Å². The monoisotopic (exact) mass is 280 g/mol. The van der Waals surface area contributed by atoms with E-state index in [0.29, 0.717) is 17.3 Å². The fourth-order valence-corrected chi connectivity index (χ4v) is 2.39. The summed E-state index contributed by atoms with van der Waals surface area (Å²) in [6.45, 7) is 0. The molecule has 5 nitrogen and oxygen atoms in total. The van der Waals surface area contributed by atoms with Crippen molar-refractivity contribution in [3.05, 3.63) is 48.8 Å². The molecule has 0 spiro atoms. The molecule has 0 unspecified atom stereocenters. The van der Waals surface area contributed by atoms with Crippen molar-refractivity contribution in [1.82, 2.24) is 14.8 Å². The van der Waals surface area contributed by atoms with Gasteiger partial charge in [-0.3, -0.25) is 0 Å². The highest BCUT2D eigenvalue weighted by atomic mass is 16.5. The van der Waals surface area contributed by atoms with E-state index in [2.05, 4.69) is 10.2 Å². The smallest absolute Gasteiger partial charge is 0.166 e. The second-order valence-corrected chi connectivity index (χ2v) is 4.74. The Kier molecular flexibility index (Phi) is 3.31. The Morgan fingerprint density at radius 1 is 1.10 bits per heavy atom. The van der Waals surface area contributed by atoms with E-state index >= 15 is 0 Å². The number of nitrogens with two attached hydrogens (primary N) is 1. The standard InChI is InChI=1S/C16H16N4O/c1-20-10-18-19-16(20)14-12(11-6-4-3-5-7-11)8-9-13(21-2)15(14)17/h3-10H,17H2,1-2H3. The lowest BCUT2D eigenvalue weighted by Crippen LogP contribution is -2.01. The highest BCUT2D eigenvalue weighted by molar-refractivity contribution is 5.91. The summed E-state index contributed by atoms with van der Waals surface area (Å²) in [5, 5.41) is 8.13. The summed E-state index contributed by atoms with van der Waals surface area (Å²) in [6, 6.07) is 13.9. The van der Waals surface area contributed by atoms with E-state index in [4.69, 9.17) is 10.5 Å². The first-order valence-electron chi connectivity index (χ1n) is 6.58. The van der Waals surface area contributed by atoms with E-state index in [1.165, 1.54) is 0 Å². The van der Waals surface area contributed by atoms with Crippen molar-refractivity contribution in [2.75, 3.05) is 12.8 Å². The lowest BCUT2D eigenvalue weighted by atomic mass is 9.97. The molecular formula is C16H16N4O. The van der Waals surface area contributed by atoms with Crippen LogP contribution < -0.4 is 10.5 Å². The van der Waals surface area contributed by atoms with Crippen molar-refractivity contribution in [2.45, 2.75) is 0 Å². The van der Waals surface area contributed by atoms with Crippen LogP contribution in [0.15, 0.2) is 48.8 Å². The minimum Gasteiger partial charge on any atom is -0.495 e. The van der Waals surface area contributed by atoms with Crippen molar-refractivity contribution in [1.29, 1.82) is 0 Å². The maximum atomic E-state index is 6.29. The SMILES string of the molecule is COc1ccc(-c2ccccc2)c(-c2nncn2C)c1N. The van der Waals surface area contributed by atoms with Gasteiger partial charge in [0.1, 0.15) is 12.1 Å². The zero-order valence-corrected chi connectivity index (χ0v) is 11.9. The zero-order valence-electron chi connectivity index (χ0n) is 11.9. The molecule has 1 aromatic heterocycles. The number of aryl methyl sites for hydroxylation is 1. The molecule has 0 fully saturated rings. The summed E-state index contributed by atoms with van der Waals surface area (Å²) in [5.41, 5.74) is 9.76. The quantitative estimate of drug-likeness (QED) is 0.749. The van der Waals surface area contributed by atoms with Gasteiger partial charge in [-0.2, -0.15) is 0 Å². The Bertz CT molecular complexity index is 765. The fraction of sp³-hybridized carbons (Fsp3) is 0.125. The second-order valence-electron chi connectivity index (χ2n) is 4.74. The molecule has 0 amide bonds. The lowest BCUT2D eigenvalue weighted by molar-refractivity contribution is 0.417. The Morgan fingerprint density at radius 3 is 2.48 bits per heavy atom. The Balaban J connectivity index is 2.31. The third-order valence-corrected chi connectivity index (χ3v) is 3.45. The molecule has 0 aliphatic heterocycles. The lowest BCUT2D eigenvalue weighted by Gasteiger charge is -2.15. The van der Waals surface area contributed by atoms with Gasteiger partial charge < -0.3 is 15.0 Å². The average molecular weight is 280 g/mol. The number of hydrogen-bond acceptors (Lipinski definition) is 4. The number of ether oxygens (including phenoxy) is 1. The molecule has 2 N–H and O–H groups in total. The van der Waals surface area contributed by atoms with E-state index in [1.807, 2.05) is 54.1 Å². The van der Waals surface area contributed by atoms with E-state index in [-0.39, 0.29) is 0 Å². The molecule has 0 saturated heterocycles.